The number of sulfonamides is 1. The summed E-state index contributed by atoms with van der Waals surface area (Å²) >= 11 is 0. The highest BCUT2D eigenvalue weighted by atomic mass is 35.5. The molecular formula is C19H25ClN2O5S. The quantitative estimate of drug-likeness (QED) is 0.761. The van der Waals surface area contributed by atoms with Gasteiger partial charge in [0.15, 0.2) is 11.5 Å². The minimum atomic E-state index is -3.74. The van der Waals surface area contributed by atoms with Gasteiger partial charge in [-0.25, -0.2) is 8.42 Å². The Morgan fingerprint density at radius 1 is 0.964 bits per heavy atom. The first-order valence-corrected chi connectivity index (χ1v) is 10.0. The number of ether oxygens (including phenoxy) is 3. The molecule has 1 heterocycles. The zero-order valence-electron chi connectivity index (χ0n) is 16.0. The van der Waals surface area contributed by atoms with Crippen LogP contribution in [0.2, 0.25) is 0 Å². The second-order valence-corrected chi connectivity index (χ2v) is 7.98. The van der Waals surface area contributed by atoms with E-state index in [-0.39, 0.29) is 23.3 Å². The van der Waals surface area contributed by atoms with Gasteiger partial charge < -0.3 is 19.5 Å². The number of para-hydroxylation sites is 1. The van der Waals surface area contributed by atoms with Gasteiger partial charge in [0.05, 0.1) is 32.3 Å². The third kappa shape index (κ3) is 4.20. The first kappa shape index (κ1) is 22.3. The fourth-order valence-corrected chi connectivity index (χ4v) is 4.91. The Labute approximate surface area is 172 Å². The van der Waals surface area contributed by atoms with Crippen LogP contribution in [0.3, 0.4) is 0 Å². The molecule has 0 bridgehead atoms. The fraction of sp³-hybridized carbons (Fsp3) is 0.368. The molecule has 0 spiro atoms. The molecule has 9 heteroatoms. The molecule has 0 radical (unpaired) electrons. The molecule has 0 aromatic heterocycles. The standard InChI is InChI=1S/C19H24N2O5S.ClH/c1-24-17-7-5-4-6-15(17)16-13-20-10-11-21(16)27(22,23)14-8-9-18(25-2)19(12-14)26-3;/h4-9,12,16,20H,10-11,13H2,1-3H3;1H. The molecule has 1 unspecified atom stereocenters. The van der Waals surface area contributed by atoms with Crippen molar-refractivity contribution in [3.05, 3.63) is 48.0 Å². The van der Waals surface area contributed by atoms with Crippen molar-refractivity contribution >= 4 is 22.4 Å². The molecule has 1 aliphatic rings. The largest absolute Gasteiger partial charge is 0.496 e. The van der Waals surface area contributed by atoms with Crippen LogP contribution in [0.15, 0.2) is 47.4 Å². The van der Waals surface area contributed by atoms with Crippen LogP contribution in [-0.4, -0.2) is 53.7 Å². The van der Waals surface area contributed by atoms with Crippen molar-refractivity contribution in [2.75, 3.05) is 41.0 Å². The van der Waals surface area contributed by atoms with E-state index >= 15 is 0 Å². The zero-order chi connectivity index (χ0) is 19.4. The number of halogens is 1. The second-order valence-electron chi connectivity index (χ2n) is 6.09. The van der Waals surface area contributed by atoms with E-state index in [0.717, 1.165) is 5.56 Å². The molecule has 2 aromatic rings. The van der Waals surface area contributed by atoms with Gasteiger partial charge >= 0.3 is 0 Å². The number of hydrogen-bond donors (Lipinski definition) is 1. The van der Waals surface area contributed by atoms with E-state index in [0.29, 0.717) is 36.9 Å². The first-order chi connectivity index (χ1) is 13.0. The van der Waals surface area contributed by atoms with Gasteiger partial charge in [0.1, 0.15) is 5.75 Å². The summed E-state index contributed by atoms with van der Waals surface area (Å²) in [5.41, 5.74) is 0.830. The van der Waals surface area contributed by atoms with Gasteiger partial charge in [0, 0.05) is 31.3 Å². The monoisotopic (exact) mass is 428 g/mol. The van der Waals surface area contributed by atoms with Crippen LogP contribution in [-0.2, 0) is 10.0 Å². The SMILES string of the molecule is COc1ccc(S(=O)(=O)N2CCNCC2c2ccccc2OC)cc1OC.Cl. The summed E-state index contributed by atoms with van der Waals surface area (Å²) in [5.74, 6) is 1.53. The van der Waals surface area contributed by atoms with Crippen LogP contribution in [0, 0.1) is 0 Å². The van der Waals surface area contributed by atoms with Crippen LogP contribution in [0.5, 0.6) is 17.2 Å². The summed E-state index contributed by atoms with van der Waals surface area (Å²) in [7, 11) is 0.843. The number of nitrogens with one attached hydrogen (secondary N) is 1. The summed E-state index contributed by atoms with van der Waals surface area (Å²) in [5, 5.41) is 3.27. The van der Waals surface area contributed by atoms with Crippen LogP contribution < -0.4 is 19.5 Å². The smallest absolute Gasteiger partial charge is 0.243 e. The Morgan fingerprint density at radius 3 is 2.32 bits per heavy atom. The van der Waals surface area contributed by atoms with Gasteiger partial charge in [-0.2, -0.15) is 4.31 Å². The van der Waals surface area contributed by atoms with E-state index in [1.165, 1.54) is 30.7 Å². The Bertz CT molecular complexity index is 907. The van der Waals surface area contributed by atoms with Gasteiger partial charge in [-0.05, 0) is 18.2 Å². The maximum atomic E-state index is 13.4. The lowest BCUT2D eigenvalue weighted by molar-refractivity contribution is 0.264. The molecule has 1 saturated heterocycles. The second kappa shape index (κ2) is 9.47. The highest BCUT2D eigenvalue weighted by molar-refractivity contribution is 7.89. The summed E-state index contributed by atoms with van der Waals surface area (Å²) in [4.78, 5) is 0.168. The molecule has 7 nitrogen and oxygen atoms in total. The summed E-state index contributed by atoms with van der Waals surface area (Å²) in [6.07, 6.45) is 0. The van der Waals surface area contributed by atoms with Gasteiger partial charge in [-0.1, -0.05) is 18.2 Å². The molecule has 1 N–H and O–H groups in total. The van der Waals surface area contributed by atoms with Crippen molar-refractivity contribution in [3.63, 3.8) is 0 Å². The average Bonchev–Trinajstić information content (AvgIpc) is 2.73. The van der Waals surface area contributed by atoms with E-state index < -0.39 is 10.0 Å². The molecule has 0 saturated carbocycles. The normalized spacial score (nSPS) is 17.5. The Morgan fingerprint density at radius 2 is 1.64 bits per heavy atom. The lowest BCUT2D eigenvalue weighted by Gasteiger charge is -2.36. The van der Waals surface area contributed by atoms with Crippen molar-refractivity contribution in [1.29, 1.82) is 0 Å². The summed E-state index contributed by atoms with van der Waals surface area (Å²) < 4.78 is 44.2. The average molecular weight is 429 g/mol. The molecule has 3 rings (SSSR count). The number of rotatable bonds is 6. The number of benzene rings is 2. The molecule has 1 aliphatic heterocycles. The van der Waals surface area contributed by atoms with Crippen LogP contribution in [0.1, 0.15) is 11.6 Å². The fourth-order valence-electron chi connectivity index (χ4n) is 3.29. The van der Waals surface area contributed by atoms with Gasteiger partial charge in [0.25, 0.3) is 0 Å². The van der Waals surface area contributed by atoms with E-state index in [1.807, 2.05) is 24.3 Å². The lowest BCUT2D eigenvalue weighted by atomic mass is 10.0. The van der Waals surface area contributed by atoms with Gasteiger partial charge in [-0.3, -0.25) is 0 Å². The molecule has 1 fully saturated rings. The molecule has 1 atom stereocenters. The Balaban J connectivity index is 0.00000280. The van der Waals surface area contributed by atoms with Crippen molar-refractivity contribution in [2.24, 2.45) is 0 Å². The number of nitrogens with zero attached hydrogens (tertiary/aromatic N) is 1. The minimum absolute atomic E-state index is 0. The van der Waals surface area contributed by atoms with Crippen molar-refractivity contribution < 1.29 is 22.6 Å². The molecule has 0 amide bonds. The van der Waals surface area contributed by atoms with Crippen LogP contribution in [0.4, 0.5) is 0 Å². The van der Waals surface area contributed by atoms with Gasteiger partial charge in [-0.15, -0.1) is 12.4 Å². The molecule has 154 valence electrons. The van der Waals surface area contributed by atoms with Crippen molar-refractivity contribution in [2.45, 2.75) is 10.9 Å². The summed E-state index contributed by atoms with van der Waals surface area (Å²) in [6, 6.07) is 11.8. The maximum absolute atomic E-state index is 13.4. The summed E-state index contributed by atoms with van der Waals surface area (Å²) in [6.45, 7) is 1.45. The number of hydrogen-bond acceptors (Lipinski definition) is 6. The third-order valence-corrected chi connectivity index (χ3v) is 6.56. The van der Waals surface area contributed by atoms with Crippen molar-refractivity contribution in [1.82, 2.24) is 9.62 Å². The van der Waals surface area contributed by atoms with E-state index in [4.69, 9.17) is 14.2 Å². The van der Waals surface area contributed by atoms with Gasteiger partial charge in [0.2, 0.25) is 10.0 Å². The van der Waals surface area contributed by atoms with E-state index in [2.05, 4.69) is 5.32 Å². The highest BCUT2D eigenvalue weighted by Gasteiger charge is 2.36. The van der Waals surface area contributed by atoms with Crippen LogP contribution >= 0.6 is 12.4 Å². The Hall–Kier alpha value is -2.00. The zero-order valence-corrected chi connectivity index (χ0v) is 17.7. The highest BCUT2D eigenvalue weighted by Crippen LogP contribution is 2.36. The van der Waals surface area contributed by atoms with E-state index in [1.54, 1.807) is 13.2 Å². The third-order valence-electron chi connectivity index (χ3n) is 4.65. The van der Waals surface area contributed by atoms with E-state index in [9.17, 15) is 8.42 Å². The molecule has 0 aliphatic carbocycles. The topological polar surface area (TPSA) is 77.1 Å². The molecule has 28 heavy (non-hydrogen) atoms. The lowest BCUT2D eigenvalue weighted by Crippen LogP contribution is -2.48. The first-order valence-electron chi connectivity index (χ1n) is 8.60. The van der Waals surface area contributed by atoms with Crippen LogP contribution in [0.25, 0.3) is 0 Å². The van der Waals surface area contributed by atoms with Crippen molar-refractivity contribution in [3.8, 4) is 17.2 Å². The predicted molar refractivity (Wildman–Crippen MR) is 109 cm³/mol. The molecular weight excluding hydrogens is 404 g/mol. The number of methoxy groups -OCH3 is 3. The minimum Gasteiger partial charge on any atom is -0.496 e. The number of piperazine rings is 1. The Kier molecular flexibility index (Phi) is 7.54. The predicted octanol–water partition coefficient (Wildman–Crippen LogP) is 2.47. The maximum Gasteiger partial charge on any atom is 0.243 e. The molecule has 2 aromatic carbocycles.